The van der Waals surface area contributed by atoms with Crippen molar-refractivity contribution in [2.24, 2.45) is 0 Å². The lowest BCUT2D eigenvalue weighted by Crippen LogP contribution is -2.43. The highest BCUT2D eigenvalue weighted by Gasteiger charge is 2.31. The average Bonchev–Trinajstić information content (AvgIpc) is 3.32. The Bertz CT molecular complexity index is 942. The summed E-state index contributed by atoms with van der Waals surface area (Å²) < 4.78 is 7.35. The first-order valence-corrected chi connectivity index (χ1v) is 9.29. The molecule has 3 aromatic rings. The molecule has 0 saturated heterocycles. The summed E-state index contributed by atoms with van der Waals surface area (Å²) in [4.78, 5) is 4.55. The number of nitrogen functional groups attached to an aromatic ring is 1. The number of anilines is 1. The van der Waals surface area contributed by atoms with Gasteiger partial charge in [0.15, 0.2) is 5.82 Å². The Morgan fingerprint density at radius 1 is 1.31 bits per heavy atom. The minimum atomic E-state index is -0.0158. The number of para-hydroxylation sites is 1. The van der Waals surface area contributed by atoms with Gasteiger partial charge < -0.3 is 15.8 Å². The van der Waals surface area contributed by atoms with E-state index in [0.29, 0.717) is 25.0 Å². The Morgan fingerprint density at radius 2 is 2.08 bits per heavy atom. The molecular weight excluding hydrogens is 326 g/mol. The lowest BCUT2D eigenvalue weighted by atomic mass is 9.95. The zero-order valence-corrected chi connectivity index (χ0v) is 15.7. The molecule has 1 fully saturated rings. The van der Waals surface area contributed by atoms with Gasteiger partial charge in [-0.15, -0.1) is 0 Å². The van der Waals surface area contributed by atoms with Gasteiger partial charge in [0, 0.05) is 41.6 Å². The first-order valence-electron chi connectivity index (χ1n) is 9.29. The van der Waals surface area contributed by atoms with E-state index in [1.165, 1.54) is 18.5 Å². The van der Waals surface area contributed by atoms with E-state index in [1.807, 2.05) is 18.2 Å². The molecule has 0 atom stereocenters. The molecule has 2 heterocycles. The van der Waals surface area contributed by atoms with E-state index in [9.17, 15) is 0 Å². The Labute approximate surface area is 153 Å². The van der Waals surface area contributed by atoms with Crippen LogP contribution in [-0.2, 0) is 17.7 Å². The molecule has 1 aliphatic rings. The maximum atomic E-state index is 6.25. The summed E-state index contributed by atoms with van der Waals surface area (Å²) in [7, 11) is 1.72. The second-order valence-corrected chi connectivity index (χ2v) is 7.88. The van der Waals surface area contributed by atoms with Crippen LogP contribution >= 0.6 is 0 Å². The minimum Gasteiger partial charge on any atom is -0.383 e. The standard InChI is InChI=1S/C20H27N5O/c1-20(2,23-13-8-9-13)12-16-17-14-6-4-5-7-15(14)22-19(21)18(17)24-25(16)10-11-26-3/h4-7,13,23H,8-12H2,1-3H3,(H2,21,22). The number of ether oxygens (including phenoxy) is 1. The van der Waals surface area contributed by atoms with E-state index in [0.717, 1.165) is 28.2 Å². The van der Waals surface area contributed by atoms with Crippen LogP contribution in [0.2, 0.25) is 0 Å². The van der Waals surface area contributed by atoms with Gasteiger partial charge >= 0.3 is 0 Å². The first kappa shape index (κ1) is 17.2. The molecule has 0 unspecified atom stereocenters. The molecule has 6 nitrogen and oxygen atoms in total. The van der Waals surface area contributed by atoms with Crippen molar-refractivity contribution in [2.75, 3.05) is 19.5 Å². The predicted molar refractivity (Wildman–Crippen MR) is 105 cm³/mol. The SMILES string of the molecule is COCCn1nc2c(N)nc3ccccc3c2c1CC(C)(C)NC1CC1. The van der Waals surface area contributed by atoms with Crippen molar-refractivity contribution in [3.63, 3.8) is 0 Å². The molecule has 3 N–H and O–H groups in total. The van der Waals surface area contributed by atoms with Crippen molar-refractivity contribution < 1.29 is 4.74 Å². The molecule has 26 heavy (non-hydrogen) atoms. The number of hydrogen-bond acceptors (Lipinski definition) is 5. The molecule has 138 valence electrons. The molecular formula is C20H27N5O. The van der Waals surface area contributed by atoms with E-state index in [4.69, 9.17) is 15.6 Å². The fourth-order valence-electron chi connectivity index (χ4n) is 3.72. The van der Waals surface area contributed by atoms with Crippen LogP contribution in [0, 0.1) is 0 Å². The summed E-state index contributed by atoms with van der Waals surface area (Å²) in [5.41, 5.74) is 9.14. The molecule has 1 aromatic carbocycles. The summed E-state index contributed by atoms with van der Waals surface area (Å²) >= 11 is 0. The van der Waals surface area contributed by atoms with E-state index < -0.39 is 0 Å². The smallest absolute Gasteiger partial charge is 0.152 e. The summed E-state index contributed by atoms with van der Waals surface area (Å²) in [6.45, 7) is 5.84. The third-order valence-corrected chi connectivity index (χ3v) is 5.00. The molecule has 1 saturated carbocycles. The fraction of sp³-hybridized carbons (Fsp3) is 0.500. The van der Waals surface area contributed by atoms with Crippen molar-refractivity contribution >= 4 is 27.6 Å². The lowest BCUT2D eigenvalue weighted by Gasteiger charge is -2.27. The molecule has 1 aliphatic carbocycles. The second kappa shape index (κ2) is 6.52. The molecule has 0 bridgehead atoms. The molecule has 0 spiro atoms. The number of aromatic nitrogens is 3. The highest BCUT2D eigenvalue weighted by Crippen LogP contribution is 2.33. The molecule has 6 heteroatoms. The van der Waals surface area contributed by atoms with Crippen LogP contribution in [0.15, 0.2) is 24.3 Å². The number of pyridine rings is 1. The number of rotatable bonds is 7. The molecule has 0 radical (unpaired) electrons. The minimum absolute atomic E-state index is 0.0158. The zero-order chi connectivity index (χ0) is 18.3. The first-order chi connectivity index (χ1) is 12.5. The van der Waals surface area contributed by atoms with Crippen LogP contribution in [-0.4, -0.2) is 40.1 Å². The molecule has 0 amide bonds. The normalized spacial score (nSPS) is 15.2. The summed E-state index contributed by atoms with van der Waals surface area (Å²) in [6, 6.07) is 8.80. The second-order valence-electron chi connectivity index (χ2n) is 7.88. The Balaban J connectivity index is 1.88. The predicted octanol–water partition coefficient (Wildman–Crippen LogP) is 2.89. The van der Waals surface area contributed by atoms with Crippen LogP contribution in [0.25, 0.3) is 21.8 Å². The Kier molecular flexibility index (Phi) is 4.32. The van der Waals surface area contributed by atoms with E-state index in [1.54, 1.807) is 7.11 Å². The number of hydrogen-bond donors (Lipinski definition) is 2. The lowest BCUT2D eigenvalue weighted by molar-refractivity contribution is 0.182. The summed E-state index contributed by atoms with van der Waals surface area (Å²) in [5.74, 6) is 0.490. The third kappa shape index (κ3) is 3.27. The van der Waals surface area contributed by atoms with Gasteiger partial charge in [-0.25, -0.2) is 4.98 Å². The highest BCUT2D eigenvalue weighted by atomic mass is 16.5. The van der Waals surface area contributed by atoms with Gasteiger partial charge in [0.05, 0.1) is 18.7 Å². The topological polar surface area (TPSA) is 78.0 Å². The Hall–Kier alpha value is -2.18. The number of nitrogens with two attached hydrogens (primary N) is 1. The van der Waals surface area contributed by atoms with Gasteiger partial charge in [0.25, 0.3) is 0 Å². The summed E-state index contributed by atoms with van der Waals surface area (Å²) in [5, 5.41) is 10.8. The monoisotopic (exact) mass is 353 g/mol. The number of benzene rings is 1. The van der Waals surface area contributed by atoms with Gasteiger partial charge in [-0.2, -0.15) is 5.10 Å². The quantitative estimate of drug-likeness (QED) is 0.683. The third-order valence-electron chi connectivity index (χ3n) is 5.00. The van der Waals surface area contributed by atoms with Crippen molar-refractivity contribution in [3.8, 4) is 0 Å². The number of fused-ring (bicyclic) bond motifs is 3. The molecule has 2 aromatic heterocycles. The number of nitrogens with one attached hydrogen (secondary N) is 1. The Morgan fingerprint density at radius 3 is 2.81 bits per heavy atom. The van der Waals surface area contributed by atoms with Crippen molar-refractivity contribution in [2.45, 2.75) is 51.2 Å². The van der Waals surface area contributed by atoms with Crippen molar-refractivity contribution in [3.05, 3.63) is 30.0 Å². The largest absolute Gasteiger partial charge is 0.383 e. The van der Waals surface area contributed by atoms with Crippen LogP contribution in [0.1, 0.15) is 32.4 Å². The van der Waals surface area contributed by atoms with Crippen LogP contribution in [0.4, 0.5) is 5.82 Å². The van der Waals surface area contributed by atoms with Crippen LogP contribution in [0.3, 0.4) is 0 Å². The fourth-order valence-corrected chi connectivity index (χ4v) is 3.72. The zero-order valence-electron chi connectivity index (χ0n) is 15.7. The average molecular weight is 353 g/mol. The van der Waals surface area contributed by atoms with Gasteiger partial charge in [-0.05, 0) is 32.8 Å². The summed E-state index contributed by atoms with van der Waals surface area (Å²) in [6.07, 6.45) is 3.41. The van der Waals surface area contributed by atoms with Crippen molar-refractivity contribution in [1.29, 1.82) is 0 Å². The molecule has 0 aliphatic heterocycles. The van der Waals surface area contributed by atoms with E-state index >= 15 is 0 Å². The number of methoxy groups -OCH3 is 1. The van der Waals surface area contributed by atoms with Gasteiger partial charge in [0.2, 0.25) is 0 Å². The van der Waals surface area contributed by atoms with Gasteiger partial charge in [0.1, 0.15) is 5.52 Å². The highest BCUT2D eigenvalue weighted by molar-refractivity contribution is 6.09. The van der Waals surface area contributed by atoms with Crippen LogP contribution in [0.5, 0.6) is 0 Å². The van der Waals surface area contributed by atoms with E-state index in [-0.39, 0.29) is 5.54 Å². The van der Waals surface area contributed by atoms with E-state index in [2.05, 4.69) is 34.9 Å². The van der Waals surface area contributed by atoms with Crippen molar-refractivity contribution in [1.82, 2.24) is 20.1 Å². The number of nitrogens with zero attached hydrogens (tertiary/aromatic N) is 3. The van der Waals surface area contributed by atoms with Crippen LogP contribution < -0.4 is 11.1 Å². The maximum Gasteiger partial charge on any atom is 0.152 e. The molecule has 4 rings (SSSR count). The van der Waals surface area contributed by atoms with Gasteiger partial charge in [-0.1, -0.05) is 18.2 Å². The van der Waals surface area contributed by atoms with Gasteiger partial charge in [-0.3, -0.25) is 4.68 Å². The maximum absolute atomic E-state index is 6.25.